The molecule has 0 bridgehead atoms. The summed E-state index contributed by atoms with van der Waals surface area (Å²) in [6, 6.07) is 17.4. The molecule has 1 aromatic heterocycles. The molecule has 0 fully saturated rings. The number of aromatic nitrogens is 1. The summed E-state index contributed by atoms with van der Waals surface area (Å²) in [4.78, 5) is 16.9. The van der Waals surface area contributed by atoms with E-state index in [2.05, 4.69) is 10.3 Å². The zero-order chi connectivity index (χ0) is 21.7. The van der Waals surface area contributed by atoms with Gasteiger partial charge < -0.3 is 5.32 Å². The fraction of sp³-hybridized carbons (Fsp3) is 0.217. The standard InChI is InChI=1S/C23H25N3O3S/c1-17-7-11-22(12-8-17)30(28,29)26(21-10-9-18(2)19(3)14-21)16-23(27)25-15-20-6-4-5-13-24-20/h4-14H,15-16H2,1-3H3,(H,25,27). The van der Waals surface area contributed by atoms with Crippen LogP contribution >= 0.6 is 0 Å². The Morgan fingerprint density at radius 2 is 1.70 bits per heavy atom. The number of sulfonamides is 1. The number of anilines is 1. The van der Waals surface area contributed by atoms with Crippen LogP contribution in [0.4, 0.5) is 5.69 Å². The number of carbonyl (C=O) groups excluding carboxylic acids is 1. The summed E-state index contributed by atoms with van der Waals surface area (Å²) in [6.45, 7) is 5.66. The monoisotopic (exact) mass is 423 g/mol. The van der Waals surface area contributed by atoms with Gasteiger partial charge >= 0.3 is 0 Å². The van der Waals surface area contributed by atoms with E-state index in [0.717, 1.165) is 21.0 Å². The topological polar surface area (TPSA) is 79.4 Å². The molecule has 0 radical (unpaired) electrons. The summed E-state index contributed by atoms with van der Waals surface area (Å²) in [5.74, 6) is -0.408. The minimum Gasteiger partial charge on any atom is -0.349 e. The summed E-state index contributed by atoms with van der Waals surface area (Å²) in [6.07, 6.45) is 1.64. The lowest BCUT2D eigenvalue weighted by atomic mass is 10.1. The van der Waals surface area contributed by atoms with E-state index >= 15 is 0 Å². The highest BCUT2D eigenvalue weighted by molar-refractivity contribution is 7.92. The van der Waals surface area contributed by atoms with Crippen molar-refractivity contribution in [2.24, 2.45) is 0 Å². The SMILES string of the molecule is Cc1ccc(S(=O)(=O)N(CC(=O)NCc2ccccn2)c2ccc(C)c(C)c2)cc1. The normalized spacial score (nSPS) is 11.2. The van der Waals surface area contributed by atoms with Gasteiger partial charge in [0.25, 0.3) is 10.0 Å². The number of amides is 1. The van der Waals surface area contributed by atoms with E-state index in [1.807, 2.05) is 32.9 Å². The number of aryl methyl sites for hydroxylation is 3. The number of hydrogen-bond donors (Lipinski definition) is 1. The van der Waals surface area contributed by atoms with Crippen molar-refractivity contribution in [1.29, 1.82) is 0 Å². The van der Waals surface area contributed by atoms with Crippen molar-refractivity contribution in [2.75, 3.05) is 10.8 Å². The van der Waals surface area contributed by atoms with Gasteiger partial charge in [0.05, 0.1) is 22.8 Å². The molecule has 30 heavy (non-hydrogen) atoms. The predicted molar refractivity (Wildman–Crippen MR) is 118 cm³/mol. The highest BCUT2D eigenvalue weighted by Crippen LogP contribution is 2.26. The first kappa shape index (κ1) is 21.5. The number of rotatable bonds is 7. The number of hydrogen-bond acceptors (Lipinski definition) is 4. The fourth-order valence-corrected chi connectivity index (χ4v) is 4.32. The van der Waals surface area contributed by atoms with Crippen LogP contribution in [0.15, 0.2) is 71.8 Å². The van der Waals surface area contributed by atoms with Gasteiger partial charge in [-0.15, -0.1) is 0 Å². The van der Waals surface area contributed by atoms with Gasteiger partial charge in [0.2, 0.25) is 5.91 Å². The van der Waals surface area contributed by atoms with Crippen LogP contribution in [0.25, 0.3) is 0 Å². The summed E-state index contributed by atoms with van der Waals surface area (Å²) in [7, 11) is -3.92. The Kier molecular flexibility index (Phi) is 6.52. The molecule has 0 saturated carbocycles. The second-order valence-corrected chi connectivity index (χ2v) is 9.05. The van der Waals surface area contributed by atoms with E-state index in [9.17, 15) is 13.2 Å². The van der Waals surface area contributed by atoms with Crippen LogP contribution in [0, 0.1) is 20.8 Å². The quantitative estimate of drug-likeness (QED) is 0.631. The van der Waals surface area contributed by atoms with Crippen LogP contribution < -0.4 is 9.62 Å². The molecule has 0 aliphatic heterocycles. The van der Waals surface area contributed by atoms with Crippen LogP contribution in [0.2, 0.25) is 0 Å². The van der Waals surface area contributed by atoms with Crippen molar-refractivity contribution in [3.8, 4) is 0 Å². The summed E-state index contributed by atoms with van der Waals surface area (Å²) in [5.41, 5.74) is 4.10. The Bertz CT molecular complexity index is 1130. The van der Waals surface area contributed by atoms with Crippen LogP contribution in [0.1, 0.15) is 22.4 Å². The first-order valence-electron chi connectivity index (χ1n) is 9.60. The van der Waals surface area contributed by atoms with Gasteiger partial charge in [0.1, 0.15) is 6.54 Å². The van der Waals surface area contributed by atoms with E-state index in [4.69, 9.17) is 0 Å². The summed E-state index contributed by atoms with van der Waals surface area (Å²) < 4.78 is 27.9. The Hall–Kier alpha value is -3.19. The largest absolute Gasteiger partial charge is 0.349 e. The highest BCUT2D eigenvalue weighted by atomic mass is 32.2. The predicted octanol–water partition coefficient (Wildman–Crippen LogP) is 3.52. The molecule has 1 heterocycles. The number of nitrogens with one attached hydrogen (secondary N) is 1. The third kappa shape index (κ3) is 5.04. The molecule has 0 unspecified atom stereocenters. The molecule has 2 aromatic carbocycles. The summed E-state index contributed by atoms with van der Waals surface area (Å²) >= 11 is 0. The molecule has 6 nitrogen and oxygen atoms in total. The zero-order valence-corrected chi connectivity index (χ0v) is 18.1. The van der Waals surface area contributed by atoms with E-state index in [1.54, 1.807) is 54.7 Å². The molecule has 0 saturated heterocycles. The molecule has 0 aliphatic carbocycles. The molecule has 3 rings (SSSR count). The van der Waals surface area contributed by atoms with Gasteiger partial charge in [-0.25, -0.2) is 8.42 Å². The van der Waals surface area contributed by atoms with Crippen molar-refractivity contribution in [1.82, 2.24) is 10.3 Å². The second kappa shape index (κ2) is 9.09. The first-order valence-corrected chi connectivity index (χ1v) is 11.0. The molecule has 1 N–H and O–H groups in total. The van der Waals surface area contributed by atoms with Crippen LogP contribution in [0.5, 0.6) is 0 Å². The molecule has 3 aromatic rings. The van der Waals surface area contributed by atoms with Gasteiger partial charge in [-0.2, -0.15) is 0 Å². The molecule has 0 atom stereocenters. The molecular weight excluding hydrogens is 398 g/mol. The maximum absolute atomic E-state index is 13.4. The Morgan fingerprint density at radius 1 is 0.967 bits per heavy atom. The maximum Gasteiger partial charge on any atom is 0.264 e. The van der Waals surface area contributed by atoms with Gasteiger partial charge in [0.15, 0.2) is 0 Å². The summed E-state index contributed by atoms with van der Waals surface area (Å²) in [5, 5.41) is 2.75. The first-order chi connectivity index (χ1) is 14.3. The molecule has 0 aliphatic rings. The molecule has 1 amide bonds. The van der Waals surface area contributed by atoms with Crippen molar-refractivity contribution in [3.05, 3.63) is 89.2 Å². The van der Waals surface area contributed by atoms with E-state index in [0.29, 0.717) is 11.4 Å². The van der Waals surface area contributed by atoms with Crippen LogP contribution in [-0.4, -0.2) is 25.9 Å². The van der Waals surface area contributed by atoms with E-state index < -0.39 is 15.9 Å². The van der Waals surface area contributed by atoms with E-state index in [1.165, 1.54) is 0 Å². The molecule has 156 valence electrons. The minimum atomic E-state index is -3.92. The lowest BCUT2D eigenvalue weighted by Crippen LogP contribution is -2.40. The van der Waals surface area contributed by atoms with Gasteiger partial charge in [-0.1, -0.05) is 29.8 Å². The molecule has 0 spiro atoms. The van der Waals surface area contributed by atoms with E-state index in [-0.39, 0.29) is 18.0 Å². The Morgan fingerprint density at radius 3 is 2.33 bits per heavy atom. The number of benzene rings is 2. The number of pyridine rings is 1. The van der Waals surface area contributed by atoms with Gasteiger partial charge in [-0.05, 0) is 68.3 Å². The lowest BCUT2D eigenvalue weighted by Gasteiger charge is -2.25. The number of carbonyl (C=O) groups is 1. The average molecular weight is 424 g/mol. The Labute approximate surface area is 177 Å². The minimum absolute atomic E-state index is 0.142. The third-order valence-electron chi connectivity index (χ3n) is 4.87. The molecule has 7 heteroatoms. The van der Waals surface area contributed by atoms with Crippen molar-refractivity contribution < 1.29 is 13.2 Å². The third-order valence-corrected chi connectivity index (χ3v) is 6.66. The maximum atomic E-state index is 13.4. The van der Waals surface area contributed by atoms with Crippen LogP contribution in [-0.2, 0) is 21.4 Å². The highest BCUT2D eigenvalue weighted by Gasteiger charge is 2.27. The number of nitrogens with zero attached hydrogens (tertiary/aromatic N) is 2. The Balaban J connectivity index is 1.90. The van der Waals surface area contributed by atoms with Gasteiger partial charge in [0, 0.05) is 6.20 Å². The van der Waals surface area contributed by atoms with Gasteiger partial charge in [-0.3, -0.25) is 14.1 Å². The van der Waals surface area contributed by atoms with Crippen molar-refractivity contribution in [3.63, 3.8) is 0 Å². The van der Waals surface area contributed by atoms with Crippen LogP contribution in [0.3, 0.4) is 0 Å². The van der Waals surface area contributed by atoms with Crippen molar-refractivity contribution >= 4 is 21.6 Å². The average Bonchev–Trinajstić information content (AvgIpc) is 2.73. The smallest absolute Gasteiger partial charge is 0.264 e. The lowest BCUT2D eigenvalue weighted by molar-refractivity contribution is -0.119. The second-order valence-electron chi connectivity index (χ2n) is 7.19. The molecular formula is C23H25N3O3S. The fourth-order valence-electron chi connectivity index (χ4n) is 2.91. The van der Waals surface area contributed by atoms with Crippen molar-refractivity contribution in [2.45, 2.75) is 32.2 Å². The zero-order valence-electron chi connectivity index (χ0n) is 17.3.